The van der Waals surface area contributed by atoms with Crippen LogP contribution >= 0.6 is 12.4 Å². The van der Waals surface area contributed by atoms with Crippen molar-refractivity contribution in [1.82, 2.24) is 10.4 Å². The first-order chi connectivity index (χ1) is 10.2. The van der Waals surface area contributed by atoms with E-state index in [0.29, 0.717) is 26.1 Å². The molecule has 0 aliphatic carbocycles. The number of hydrogen-bond acceptors (Lipinski definition) is 5. The van der Waals surface area contributed by atoms with Gasteiger partial charge in [-0.25, -0.2) is 0 Å². The molecule has 6 nitrogen and oxygen atoms in total. The van der Waals surface area contributed by atoms with Crippen LogP contribution in [0, 0.1) is 0 Å². The molecule has 0 aromatic heterocycles. The van der Waals surface area contributed by atoms with Gasteiger partial charge in [0.1, 0.15) is 6.04 Å². The predicted octanol–water partition coefficient (Wildman–Crippen LogP) is 1.58. The van der Waals surface area contributed by atoms with Crippen molar-refractivity contribution in [2.45, 2.75) is 19.1 Å². The highest BCUT2D eigenvalue weighted by molar-refractivity contribution is 5.85. The minimum atomic E-state index is -0.848. The van der Waals surface area contributed by atoms with E-state index < -0.39 is 12.0 Å². The first kappa shape index (κ1) is 16.5. The Labute approximate surface area is 134 Å². The van der Waals surface area contributed by atoms with Crippen molar-refractivity contribution >= 4 is 24.6 Å². The van der Waals surface area contributed by atoms with Crippen molar-refractivity contribution in [2.75, 3.05) is 13.1 Å². The minimum absolute atomic E-state index is 0. The third kappa shape index (κ3) is 3.65. The standard InChI is InChI=1S/C15H17N3O3.ClH/c19-15(20)12-8-14-13(9-17-12)16-6-7-18(14)21-10-11-4-2-1-3-5-11;/h1-6,12,17H,7-10H2,(H,19,20);1H. The van der Waals surface area contributed by atoms with E-state index in [0.717, 1.165) is 17.0 Å². The number of carboxylic acids is 1. The molecule has 1 aromatic rings. The Kier molecular flexibility index (Phi) is 5.54. The summed E-state index contributed by atoms with van der Waals surface area (Å²) in [6.45, 7) is 1.45. The molecule has 1 aromatic carbocycles. The normalized spacial score (nSPS) is 20.4. The van der Waals surface area contributed by atoms with Crippen molar-refractivity contribution < 1.29 is 14.7 Å². The third-order valence-electron chi connectivity index (χ3n) is 3.57. The molecule has 0 spiro atoms. The van der Waals surface area contributed by atoms with Gasteiger partial charge in [0.2, 0.25) is 0 Å². The summed E-state index contributed by atoms with van der Waals surface area (Å²) < 4.78 is 0. The van der Waals surface area contributed by atoms with Crippen molar-refractivity contribution in [3.8, 4) is 0 Å². The van der Waals surface area contributed by atoms with E-state index in [1.807, 2.05) is 30.3 Å². The van der Waals surface area contributed by atoms with Crippen LogP contribution in [0.3, 0.4) is 0 Å². The molecule has 0 fully saturated rings. The molecule has 2 aliphatic heterocycles. The first-order valence-electron chi connectivity index (χ1n) is 6.89. The number of hydroxylamine groups is 2. The van der Waals surface area contributed by atoms with Crippen LogP contribution in [0.25, 0.3) is 0 Å². The fraction of sp³-hybridized carbons (Fsp3) is 0.333. The number of halogens is 1. The average Bonchev–Trinajstić information content (AvgIpc) is 2.53. The number of nitrogens with one attached hydrogen (secondary N) is 1. The average molecular weight is 324 g/mol. The van der Waals surface area contributed by atoms with Crippen LogP contribution in [0.5, 0.6) is 0 Å². The monoisotopic (exact) mass is 323 g/mol. The molecule has 118 valence electrons. The van der Waals surface area contributed by atoms with Gasteiger partial charge in [-0.05, 0) is 5.56 Å². The SMILES string of the molecule is Cl.O=C(O)C1CC2=C(CN1)N=CCN2OCc1ccccc1. The quantitative estimate of drug-likeness (QED) is 0.880. The zero-order valence-electron chi connectivity index (χ0n) is 11.9. The van der Waals surface area contributed by atoms with Crippen LogP contribution < -0.4 is 5.32 Å². The molecule has 0 radical (unpaired) electrons. The Balaban J connectivity index is 0.00000176. The van der Waals surface area contributed by atoms with Crippen LogP contribution in [-0.4, -0.2) is 41.5 Å². The zero-order valence-corrected chi connectivity index (χ0v) is 12.8. The number of nitrogens with zero attached hydrogens (tertiary/aromatic N) is 2. The largest absolute Gasteiger partial charge is 0.480 e. The maximum Gasteiger partial charge on any atom is 0.321 e. The van der Waals surface area contributed by atoms with Crippen LogP contribution in [-0.2, 0) is 16.2 Å². The van der Waals surface area contributed by atoms with E-state index in [4.69, 9.17) is 9.94 Å². The Bertz CT molecular complexity index is 589. The number of hydrogen-bond donors (Lipinski definition) is 2. The summed E-state index contributed by atoms with van der Waals surface area (Å²) in [7, 11) is 0. The highest BCUT2D eigenvalue weighted by atomic mass is 35.5. The molecule has 0 saturated heterocycles. The lowest BCUT2D eigenvalue weighted by Crippen LogP contribution is -2.45. The van der Waals surface area contributed by atoms with E-state index in [1.54, 1.807) is 11.3 Å². The molecular weight excluding hydrogens is 306 g/mol. The van der Waals surface area contributed by atoms with Gasteiger partial charge in [-0.2, -0.15) is 0 Å². The molecule has 7 heteroatoms. The molecule has 1 atom stereocenters. The van der Waals surface area contributed by atoms with Crippen LogP contribution in [0.15, 0.2) is 46.7 Å². The number of benzene rings is 1. The molecule has 1 unspecified atom stereocenters. The highest BCUT2D eigenvalue weighted by Crippen LogP contribution is 2.24. The van der Waals surface area contributed by atoms with E-state index in [9.17, 15) is 4.79 Å². The second kappa shape index (κ2) is 7.40. The molecular formula is C15H18ClN3O3. The summed E-state index contributed by atoms with van der Waals surface area (Å²) in [5.41, 5.74) is 2.79. The van der Waals surface area contributed by atoms with Crippen molar-refractivity contribution in [3.05, 3.63) is 47.3 Å². The van der Waals surface area contributed by atoms with Gasteiger partial charge < -0.3 is 5.11 Å². The second-order valence-corrected chi connectivity index (χ2v) is 5.00. The van der Waals surface area contributed by atoms with Gasteiger partial charge in [0, 0.05) is 19.2 Å². The van der Waals surface area contributed by atoms with Gasteiger partial charge in [0.05, 0.1) is 24.5 Å². The number of rotatable bonds is 4. The number of aliphatic carboxylic acids is 1. The Morgan fingerprint density at radius 3 is 2.91 bits per heavy atom. The van der Waals surface area contributed by atoms with Gasteiger partial charge in [-0.3, -0.25) is 25.0 Å². The lowest BCUT2D eigenvalue weighted by atomic mass is 10.0. The summed E-state index contributed by atoms with van der Waals surface area (Å²) >= 11 is 0. The summed E-state index contributed by atoms with van der Waals surface area (Å²) in [4.78, 5) is 21.3. The Morgan fingerprint density at radius 2 is 2.18 bits per heavy atom. The fourth-order valence-corrected chi connectivity index (χ4v) is 2.44. The third-order valence-corrected chi connectivity index (χ3v) is 3.57. The summed E-state index contributed by atoms with van der Waals surface area (Å²) in [5, 5.41) is 13.9. The number of carbonyl (C=O) groups is 1. The molecule has 3 rings (SSSR count). The van der Waals surface area contributed by atoms with Crippen LogP contribution in [0.1, 0.15) is 12.0 Å². The maximum atomic E-state index is 11.1. The lowest BCUT2D eigenvalue weighted by molar-refractivity contribution is -0.145. The van der Waals surface area contributed by atoms with Crippen molar-refractivity contribution in [1.29, 1.82) is 0 Å². The molecule has 2 aliphatic rings. The Morgan fingerprint density at radius 1 is 1.41 bits per heavy atom. The minimum Gasteiger partial charge on any atom is -0.480 e. The molecule has 0 bridgehead atoms. The Hall–Kier alpha value is -1.89. The fourth-order valence-electron chi connectivity index (χ4n) is 2.44. The maximum absolute atomic E-state index is 11.1. The summed E-state index contributed by atoms with van der Waals surface area (Å²) in [5.74, 6) is -0.848. The van der Waals surface area contributed by atoms with Crippen molar-refractivity contribution in [3.63, 3.8) is 0 Å². The molecule has 2 N–H and O–H groups in total. The van der Waals surface area contributed by atoms with Gasteiger partial charge in [-0.15, -0.1) is 12.4 Å². The van der Waals surface area contributed by atoms with E-state index in [2.05, 4.69) is 10.3 Å². The number of carboxylic acid groups (broad SMARTS) is 1. The van der Waals surface area contributed by atoms with Crippen LogP contribution in [0.2, 0.25) is 0 Å². The first-order valence-corrected chi connectivity index (χ1v) is 6.89. The molecule has 0 saturated carbocycles. The lowest BCUT2D eigenvalue weighted by Gasteiger charge is -2.34. The van der Waals surface area contributed by atoms with Crippen LogP contribution in [0.4, 0.5) is 0 Å². The van der Waals surface area contributed by atoms with E-state index in [1.165, 1.54) is 0 Å². The highest BCUT2D eigenvalue weighted by Gasteiger charge is 2.30. The van der Waals surface area contributed by atoms with E-state index >= 15 is 0 Å². The smallest absolute Gasteiger partial charge is 0.321 e. The zero-order chi connectivity index (χ0) is 14.7. The van der Waals surface area contributed by atoms with Gasteiger partial charge >= 0.3 is 5.97 Å². The molecule has 22 heavy (non-hydrogen) atoms. The predicted molar refractivity (Wildman–Crippen MR) is 84.7 cm³/mol. The van der Waals surface area contributed by atoms with Crippen molar-refractivity contribution in [2.24, 2.45) is 4.99 Å². The summed E-state index contributed by atoms with van der Waals surface area (Å²) in [6.07, 6.45) is 2.17. The number of aliphatic imine (C=N–C) groups is 1. The second-order valence-electron chi connectivity index (χ2n) is 5.00. The van der Waals surface area contributed by atoms with E-state index in [-0.39, 0.29) is 12.4 Å². The molecule has 2 heterocycles. The summed E-state index contributed by atoms with van der Waals surface area (Å²) in [6, 6.07) is 9.30. The van der Waals surface area contributed by atoms with Gasteiger partial charge in [0.25, 0.3) is 0 Å². The van der Waals surface area contributed by atoms with Gasteiger partial charge in [0.15, 0.2) is 0 Å². The topological polar surface area (TPSA) is 74.2 Å². The van der Waals surface area contributed by atoms with Gasteiger partial charge in [-0.1, -0.05) is 30.3 Å². The molecule has 0 amide bonds.